The lowest BCUT2D eigenvalue weighted by molar-refractivity contribution is 0.102. The first kappa shape index (κ1) is 13.7. The lowest BCUT2D eigenvalue weighted by Gasteiger charge is -2.13. The highest BCUT2D eigenvalue weighted by molar-refractivity contribution is 6.04. The Hall–Kier alpha value is -2.70. The second-order valence-electron chi connectivity index (χ2n) is 3.75. The fourth-order valence-corrected chi connectivity index (χ4v) is 1.68. The van der Waals surface area contributed by atoms with Gasteiger partial charge in [-0.05, 0) is 12.1 Å². The van der Waals surface area contributed by atoms with E-state index < -0.39 is 0 Å². The van der Waals surface area contributed by atoms with Crippen molar-refractivity contribution in [1.82, 2.24) is 5.16 Å². The highest BCUT2D eigenvalue weighted by Gasteiger charge is 2.17. The molecule has 2 rings (SSSR count). The number of carbonyl (C=O) groups is 1. The van der Waals surface area contributed by atoms with Crippen LogP contribution in [0.1, 0.15) is 10.4 Å². The van der Waals surface area contributed by atoms with Crippen molar-refractivity contribution in [3.63, 3.8) is 0 Å². The van der Waals surface area contributed by atoms with Gasteiger partial charge in [0.1, 0.15) is 6.26 Å². The minimum atomic E-state index is -0.363. The molecule has 1 aromatic heterocycles. The fourth-order valence-electron chi connectivity index (χ4n) is 1.68. The maximum Gasteiger partial charge on any atom is 0.257 e. The molecule has 0 aliphatic rings. The number of nitrogens with zero attached hydrogens (tertiary/aromatic N) is 1. The van der Waals surface area contributed by atoms with E-state index in [1.165, 1.54) is 33.7 Å². The molecular formula is C13H14N2O5. The minimum absolute atomic E-state index is 0.323. The van der Waals surface area contributed by atoms with Crippen LogP contribution in [-0.2, 0) is 0 Å². The second-order valence-corrected chi connectivity index (χ2v) is 3.75. The monoisotopic (exact) mass is 278 g/mol. The average Bonchev–Trinajstić information content (AvgIpc) is 2.98. The lowest BCUT2D eigenvalue weighted by Crippen LogP contribution is -2.12. The Kier molecular flexibility index (Phi) is 4.09. The van der Waals surface area contributed by atoms with Gasteiger partial charge in [-0.3, -0.25) is 4.79 Å². The van der Waals surface area contributed by atoms with Crippen LogP contribution >= 0.6 is 0 Å². The fraction of sp³-hybridized carbons (Fsp3) is 0.231. The number of ether oxygens (including phenoxy) is 3. The van der Waals surface area contributed by atoms with Crippen LogP contribution in [0.15, 0.2) is 29.0 Å². The van der Waals surface area contributed by atoms with Crippen molar-refractivity contribution in [1.29, 1.82) is 0 Å². The van der Waals surface area contributed by atoms with Gasteiger partial charge in [0.25, 0.3) is 5.91 Å². The van der Waals surface area contributed by atoms with Gasteiger partial charge in [0.15, 0.2) is 17.3 Å². The zero-order valence-corrected chi connectivity index (χ0v) is 11.3. The van der Waals surface area contributed by atoms with Gasteiger partial charge in [0.05, 0.1) is 21.3 Å². The van der Waals surface area contributed by atoms with Crippen molar-refractivity contribution in [2.45, 2.75) is 0 Å². The van der Waals surface area contributed by atoms with E-state index in [1.807, 2.05) is 0 Å². The van der Waals surface area contributed by atoms with Crippen LogP contribution in [0.2, 0.25) is 0 Å². The third-order valence-electron chi connectivity index (χ3n) is 2.61. The summed E-state index contributed by atoms with van der Waals surface area (Å²) < 4.78 is 20.2. The van der Waals surface area contributed by atoms with E-state index in [1.54, 1.807) is 12.1 Å². The molecule has 106 valence electrons. The van der Waals surface area contributed by atoms with Gasteiger partial charge in [-0.25, -0.2) is 0 Å². The number of carbonyl (C=O) groups excluding carboxylic acids is 1. The van der Waals surface area contributed by atoms with Crippen LogP contribution in [0.25, 0.3) is 0 Å². The van der Waals surface area contributed by atoms with E-state index in [-0.39, 0.29) is 5.91 Å². The first-order valence-electron chi connectivity index (χ1n) is 5.71. The third kappa shape index (κ3) is 2.66. The summed E-state index contributed by atoms with van der Waals surface area (Å²) in [5.41, 5.74) is 0.350. The van der Waals surface area contributed by atoms with Crippen molar-refractivity contribution < 1.29 is 23.5 Å². The average molecular weight is 278 g/mol. The van der Waals surface area contributed by atoms with Gasteiger partial charge in [0.2, 0.25) is 5.75 Å². The van der Waals surface area contributed by atoms with E-state index in [0.29, 0.717) is 28.6 Å². The largest absolute Gasteiger partial charge is 0.493 e. The molecule has 1 aromatic carbocycles. The smallest absolute Gasteiger partial charge is 0.257 e. The first-order chi connectivity index (χ1) is 9.69. The molecule has 0 fully saturated rings. The summed E-state index contributed by atoms with van der Waals surface area (Å²) in [5, 5.41) is 6.19. The summed E-state index contributed by atoms with van der Waals surface area (Å²) in [4.78, 5) is 12.1. The van der Waals surface area contributed by atoms with Gasteiger partial charge in [0, 0.05) is 11.6 Å². The van der Waals surface area contributed by atoms with E-state index in [0.717, 1.165) is 0 Å². The van der Waals surface area contributed by atoms with Crippen molar-refractivity contribution in [2.24, 2.45) is 0 Å². The molecule has 1 N–H and O–H groups in total. The summed E-state index contributed by atoms with van der Waals surface area (Å²) in [6.07, 6.45) is 1.37. The van der Waals surface area contributed by atoms with Crippen LogP contribution < -0.4 is 19.5 Å². The standard InChI is InChI=1S/C13H14N2O5/c1-17-9-6-8(7-10(18-2)12(9)19-3)13(16)14-11-4-5-20-15-11/h4-7H,1-3H3,(H,14,15,16). The highest BCUT2D eigenvalue weighted by atomic mass is 16.5. The molecule has 7 heteroatoms. The van der Waals surface area contributed by atoms with E-state index in [9.17, 15) is 4.79 Å². The molecule has 0 saturated heterocycles. The van der Waals surface area contributed by atoms with Gasteiger partial charge in [-0.1, -0.05) is 5.16 Å². The Balaban J connectivity index is 2.34. The number of anilines is 1. The molecule has 1 heterocycles. The Labute approximate surface area is 115 Å². The number of rotatable bonds is 5. The van der Waals surface area contributed by atoms with Crippen molar-refractivity contribution in [3.05, 3.63) is 30.0 Å². The zero-order valence-electron chi connectivity index (χ0n) is 11.3. The predicted molar refractivity (Wildman–Crippen MR) is 70.6 cm³/mol. The molecular weight excluding hydrogens is 264 g/mol. The number of aromatic nitrogens is 1. The molecule has 0 saturated carbocycles. The molecule has 0 atom stereocenters. The number of hydrogen-bond acceptors (Lipinski definition) is 6. The van der Waals surface area contributed by atoms with Crippen LogP contribution in [-0.4, -0.2) is 32.4 Å². The number of nitrogens with one attached hydrogen (secondary N) is 1. The van der Waals surface area contributed by atoms with E-state index >= 15 is 0 Å². The van der Waals surface area contributed by atoms with Crippen molar-refractivity contribution >= 4 is 11.7 Å². The summed E-state index contributed by atoms with van der Waals surface area (Å²) >= 11 is 0. The molecule has 2 aromatic rings. The molecule has 0 spiro atoms. The Morgan fingerprint density at radius 2 is 1.80 bits per heavy atom. The summed E-state index contributed by atoms with van der Waals surface area (Å²) in [6, 6.07) is 4.64. The number of hydrogen-bond donors (Lipinski definition) is 1. The topological polar surface area (TPSA) is 82.8 Å². The molecule has 0 aliphatic carbocycles. The van der Waals surface area contributed by atoms with Crippen molar-refractivity contribution in [2.75, 3.05) is 26.6 Å². The SMILES string of the molecule is COc1cc(C(=O)Nc2ccon2)cc(OC)c1OC. The van der Waals surface area contributed by atoms with Crippen LogP contribution in [0.5, 0.6) is 17.2 Å². The quantitative estimate of drug-likeness (QED) is 0.900. The van der Waals surface area contributed by atoms with E-state index in [2.05, 4.69) is 15.0 Å². The summed E-state index contributed by atoms with van der Waals surface area (Å²) in [5.74, 6) is 1.18. The number of amides is 1. The van der Waals surface area contributed by atoms with Crippen LogP contribution in [0.4, 0.5) is 5.82 Å². The van der Waals surface area contributed by atoms with Gasteiger partial charge in [-0.2, -0.15) is 0 Å². The molecule has 0 aliphatic heterocycles. The lowest BCUT2D eigenvalue weighted by atomic mass is 10.1. The molecule has 7 nitrogen and oxygen atoms in total. The predicted octanol–water partition coefficient (Wildman–Crippen LogP) is 1.95. The molecule has 1 amide bonds. The Morgan fingerprint density at radius 3 is 2.25 bits per heavy atom. The van der Waals surface area contributed by atoms with E-state index in [4.69, 9.17) is 14.2 Å². The first-order valence-corrected chi connectivity index (χ1v) is 5.71. The number of methoxy groups -OCH3 is 3. The number of benzene rings is 1. The Morgan fingerprint density at radius 1 is 1.15 bits per heavy atom. The maximum absolute atomic E-state index is 12.1. The molecule has 0 unspecified atom stereocenters. The van der Waals surface area contributed by atoms with Gasteiger partial charge in [-0.15, -0.1) is 0 Å². The molecule has 0 bridgehead atoms. The third-order valence-corrected chi connectivity index (χ3v) is 2.61. The molecule has 0 radical (unpaired) electrons. The van der Waals surface area contributed by atoms with Crippen LogP contribution in [0.3, 0.4) is 0 Å². The minimum Gasteiger partial charge on any atom is -0.493 e. The zero-order chi connectivity index (χ0) is 14.5. The van der Waals surface area contributed by atoms with Gasteiger partial charge >= 0.3 is 0 Å². The van der Waals surface area contributed by atoms with Crippen LogP contribution in [0, 0.1) is 0 Å². The molecule has 20 heavy (non-hydrogen) atoms. The maximum atomic E-state index is 12.1. The van der Waals surface area contributed by atoms with Crippen molar-refractivity contribution in [3.8, 4) is 17.2 Å². The summed E-state index contributed by atoms with van der Waals surface area (Å²) in [6.45, 7) is 0. The highest BCUT2D eigenvalue weighted by Crippen LogP contribution is 2.38. The van der Waals surface area contributed by atoms with Gasteiger partial charge < -0.3 is 24.1 Å². The summed E-state index contributed by atoms with van der Waals surface area (Å²) in [7, 11) is 4.46. The second kappa shape index (κ2) is 5.96. The Bertz CT molecular complexity index is 570. The normalized spacial score (nSPS) is 9.95.